The highest BCUT2D eigenvalue weighted by Crippen LogP contribution is 2.43. The second-order valence-corrected chi connectivity index (χ2v) is 17.1. The van der Waals surface area contributed by atoms with Crippen molar-refractivity contribution < 1.29 is 42.1 Å². The van der Waals surface area contributed by atoms with Gasteiger partial charge in [0.05, 0.1) is 27.7 Å². The molecule has 0 radical (unpaired) electrons. The average Bonchev–Trinajstić information content (AvgIpc) is 3.17. The van der Waals surface area contributed by atoms with Crippen LogP contribution in [0.4, 0.5) is 0 Å². The normalized spacial score (nSPS) is 14.4. The van der Waals surface area contributed by atoms with E-state index in [2.05, 4.69) is 92.8 Å². The maximum Gasteiger partial charge on any atom is 0.472 e. The van der Waals surface area contributed by atoms with Crippen molar-refractivity contribution in [2.75, 3.05) is 47.5 Å². The number of quaternary nitrogens is 1. The molecule has 0 spiro atoms. The molecule has 0 aliphatic carbocycles. The molecule has 0 fully saturated rings. The Balaban J connectivity index is 4.53. The van der Waals surface area contributed by atoms with Gasteiger partial charge in [0.15, 0.2) is 6.10 Å². The zero-order chi connectivity index (χ0) is 42.8. The van der Waals surface area contributed by atoms with E-state index in [9.17, 15) is 19.0 Å². The maximum atomic E-state index is 12.7. The topological polar surface area (TPSA) is 108 Å². The number of unbranched alkanes of at least 4 members (excludes halogenated alkanes) is 11. The number of carbonyl (C=O) groups excluding carboxylic acids is 2. The number of likely N-dealkylation sites (N-methyl/N-ethyl adjacent to an activating group) is 1. The molecule has 0 aliphatic heterocycles. The fourth-order valence-electron chi connectivity index (χ4n) is 5.44. The van der Waals surface area contributed by atoms with Crippen LogP contribution in [0.25, 0.3) is 0 Å². The lowest BCUT2D eigenvalue weighted by atomic mass is 10.1. The van der Waals surface area contributed by atoms with Crippen LogP contribution in [0.2, 0.25) is 0 Å². The van der Waals surface area contributed by atoms with Gasteiger partial charge in [-0.15, -0.1) is 0 Å². The Morgan fingerprint density at radius 2 is 0.983 bits per heavy atom. The van der Waals surface area contributed by atoms with Crippen LogP contribution in [-0.4, -0.2) is 74.9 Å². The fourth-order valence-corrected chi connectivity index (χ4v) is 6.18. The van der Waals surface area contributed by atoms with Gasteiger partial charge in [-0.05, 0) is 77.0 Å². The van der Waals surface area contributed by atoms with Crippen LogP contribution in [-0.2, 0) is 32.7 Å². The Bertz CT molecular complexity index is 1260. The van der Waals surface area contributed by atoms with Crippen LogP contribution in [0.15, 0.2) is 85.1 Å². The number of esters is 2. The minimum absolute atomic E-state index is 0.0105. The lowest BCUT2D eigenvalue weighted by Gasteiger charge is -2.24. The number of rotatable bonds is 39. The molecule has 0 amide bonds. The van der Waals surface area contributed by atoms with Crippen LogP contribution in [0.1, 0.15) is 155 Å². The first-order chi connectivity index (χ1) is 28.0. The van der Waals surface area contributed by atoms with Crippen LogP contribution in [0, 0.1) is 0 Å². The Morgan fingerprint density at radius 3 is 1.47 bits per heavy atom. The molecule has 0 heterocycles. The molecule has 0 aromatic rings. The summed E-state index contributed by atoms with van der Waals surface area (Å²) >= 11 is 0. The molecule has 1 N–H and O–H groups in total. The van der Waals surface area contributed by atoms with Crippen molar-refractivity contribution in [2.45, 2.75) is 161 Å². The largest absolute Gasteiger partial charge is 0.472 e. The summed E-state index contributed by atoms with van der Waals surface area (Å²) < 4.78 is 34.2. The monoisotopic (exact) mass is 833 g/mol. The van der Waals surface area contributed by atoms with Crippen molar-refractivity contribution in [3.8, 4) is 0 Å². The summed E-state index contributed by atoms with van der Waals surface area (Å²) in [6.45, 7) is 4.17. The second-order valence-electron chi connectivity index (χ2n) is 15.7. The second kappa shape index (κ2) is 39.6. The number of phosphoric ester groups is 1. The lowest BCUT2D eigenvalue weighted by Crippen LogP contribution is -2.37. The molecule has 58 heavy (non-hydrogen) atoms. The van der Waals surface area contributed by atoms with Gasteiger partial charge in [-0.25, -0.2) is 4.57 Å². The average molecular weight is 833 g/mol. The summed E-state index contributed by atoms with van der Waals surface area (Å²) in [5, 5.41) is 0. The SMILES string of the molecule is CC/C=C/C/C=C/C/C=C/C/C=C/C/C=C/CCCC(=O)O[C@H](COC(=O)CCC/C=C/C/C=C/CCCCCCCCCCC)COP(=O)(O)OCC[N+](C)(C)C. The molecule has 10 heteroatoms. The van der Waals surface area contributed by atoms with E-state index in [-0.39, 0.29) is 26.1 Å². The molecule has 2 atom stereocenters. The first-order valence-corrected chi connectivity index (χ1v) is 23.8. The first kappa shape index (κ1) is 55.2. The van der Waals surface area contributed by atoms with Gasteiger partial charge in [0.1, 0.15) is 19.8 Å². The number of allylic oxidation sites excluding steroid dienone is 14. The molecule has 332 valence electrons. The standard InChI is InChI=1S/C48H82NO8P/c1-6-8-10-12-14-16-18-20-22-24-26-28-30-32-34-36-38-40-47(50)54-44-46(45-56-58(52,53)55-43-42-49(3,4)5)57-48(51)41-39-37-35-33-31-29-27-25-23-21-19-17-15-13-11-9-7-2/h9,11,15,17,21,23,26-29,32-35,46H,6-8,10,12-14,16,18-20,22,24-25,30-31,36-45H2,1-5H3/p+1/b11-9+,17-15+,23-21+,28-26+,29-27+,34-32+,35-33+/t46-/m1/s1. The smallest absolute Gasteiger partial charge is 0.462 e. The first-order valence-electron chi connectivity index (χ1n) is 22.3. The van der Waals surface area contributed by atoms with E-state index in [1.54, 1.807) is 0 Å². The third kappa shape index (κ3) is 42.8. The van der Waals surface area contributed by atoms with Crippen LogP contribution in [0.5, 0.6) is 0 Å². The highest BCUT2D eigenvalue weighted by molar-refractivity contribution is 7.47. The number of carbonyl (C=O) groups is 2. The lowest BCUT2D eigenvalue weighted by molar-refractivity contribution is -0.870. The van der Waals surface area contributed by atoms with Gasteiger partial charge < -0.3 is 18.9 Å². The number of phosphoric acid groups is 1. The van der Waals surface area contributed by atoms with E-state index < -0.39 is 32.5 Å². The van der Waals surface area contributed by atoms with Crippen LogP contribution >= 0.6 is 7.82 Å². The van der Waals surface area contributed by atoms with Crippen molar-refractivity contribution in [3.05, 3.63) is 85.1 Å². The number of ether oxygens (including phenoxy) is 2. The fraction of sp³-hybridized carbons (Fsp3) is 0.667. The van der Waals surface area contributed by atoms with Gasteiger partial charge in [0.2, 0.25) is 0 Å². The molecule has 0 aromatic carbocycles. The van der Waals surface area contributed by atoms with Crippen LogP contribution in [0.3, 0.4) is 0 Å². The van der Waals surface area contributed by atoms with Gasteiger partial charge >= 0.3 is 19.8 Å². The molecule has 0 aromatic heterocycles. The Kier molecular flexibility index (Phi) is 37.7. The number of hydrogen-bond donors (Lipinski definition) is 1. The van der Waals surface area contributed by atoms with Crippen molar-refractivity contribution in [1.82, 2.24) is 0 Å². The summed E-state index contributed by atoms with van der Waals surface area (Å²) in [4.78, 5) is 35.3. The van der Waals surface area contributed by atoms with Gasteiger partial charge in [-0.2, -0.15) is 0 Å². The molecule has 1 unspecified atom stereocenters. The van der Waals surface area contributed by atoms with Crippen LogP contribution < -0.4 is 0 Å². The molecule has 0 saturated carbocycles. The highest BCUT2D eigenvalue weighted by atomic mass is 31.2. The molecular formula is C48H83NO8P+. The molecule has 0 saturated heterocycles. The summed E-state index contributed by atoms with van der Waals surface area (Å²) in [5.74, 6) is -0.928. The van der Waals surface area contributed by atoms with E-state index in [0.717, 1.165) is 51.4 Å². The third-order valence-electron chi connectivity index (χ3n) is 8.91. The van der Waals surface area contributed by atoms with Crippen molar-refractivity contribution >= 4 is 19.8 Å². The zero-order valence-electron chi connectivity index (χ0n) is 37.2. The van der Waals surface area contributed by atoms with Gasteiger partial charge in [-0.3, -0.25) is 18.6 Å². The minimum Gasteiger partial charge on any atom is -0.462 e. The maximum absolute atomic E-state index is 12.7. The van der Waals surface area contributed by atoms with Gasteiger partial charge in [0.25, 0.3) is 0 Å². The summed E-state index contributed by atoms with van der Waals surface area (Å²) in [6.07, 6.45) is 50.8. The summed E-state index contributed by atoms with van der Waals surface area (Å²) in [5.41, 5.74) is 0. The summed E-state index contributed by atoms with van der Waals surface area (Å²) in [7, 11) is 1.41. The molecule has 0 bridgehead atoms. The minimum atomic E-state index is -4.40. The van der Waals surface area contributed by atoms with Gasteiger partial charge in [0, 0.05) is 12.8 Å². The van der Waals surface area contributed by atoms with E-state index in [0.29, 0.717) is 30.3 Å². The predicted octanol–water partition coefficient (Wildman–Crippen LogP) is 12.8. The Morgan fingerprint density at radius 1 is 0.552 bits per heavy atom. The number of nitrogens with zero attached hydrogens (tertiary/aromatic N) is 1. The quantitative estimate of drug-likeness (QED) is 0.0214. The van der Waals surface area contributed by atoms with Crippen molar-refractivity contribution in [1.29, 1.82) is 0 Å². The van der Waals surface area contributed by atoms with E-state index in [1.165, 1.54) is 57.8 Å². The van der Waals surface area contributed by atoms with Gasteiger partial charge in [-0.1, -0.05) is 150 Å². The summed E-state index contributed by atoms with van der Waals surface area (Å²) in [6, 6.07) is 0. The predicted molar refractivity (Wildman–Crippen MR) is 242 cm³/mol. The van der Waals surface area contributed by atoms with Crippen molar-refractivity contribution in [2.24, 2.45) is 0 Å². The van der Waals surface area contributed by atoms with E-state index in [4.69, 9.17) is 18.5 Å². The number of hydrogen-bond acceptors (Lipinski definition) is 7. The van der Waals surface area contributed by atoms with E-state index >= 15 is 0 Å². The Labute approximate surface area is 354 Å². The third-order valence-corrected chi connectivity index (χ3v) is 9.89. The van der Waals surface area contributed by atoms with E-state index in [1.807, 2.05) is 27.2 Å². The zero-order valence-corrected chi connectivity index (χ0v) is 38.1. The van der Waals surface area contributed by atoms with Crippen molar-refractivity contribution in [3.63, 3.8) is 0 Å². The molecule has 9 nitrogen and oxygen atoms in total. The molecular weight excluding hydrogens is 750 g/mol. The molecule has 0 rings (SSSR count). The highest BCUT2D eigenvalue weighted by Gasteiger charge is 2.27. The molecule has 0 aliphatic rings. The Hall–Kier alpha value is -2.81.